The minimum atomic E-state index is -4.76. The number of aromatic nitrogens is 6. The van der Waals surface area contributed by atoms with E-state index in [9.17, 15) is 21.6 Å². The number of imidazole rings is 1. The highest BCUT2D eigenvalue weighted by Crippen LogP contribution is 2.36. The summed E-state index contributed by atoms with van der Waals surface area (Å²) in [4.78, 5) is 12.3. The van der Waals surface area contributed by atoms with Crippen LogP contribution in [0.2, 0.25) is 0 Å². The van der Waals surface area contributed by atoms with Gasteiger partial charge in [-0.1, -0.05) is 6.07 Å². The van der Waals surface area contributed by atoms with Crippen molar-refractivity contribution in [1.82, 2.24) is 33.6 Å². The van der Waals surface area contributed by atoms with Crippen LogP contribution in [-0.2, 0) is 23.2 Å². The summed E-state index contributed by atoms with van der Waals surface area (Å²) in [7, 11) is -1.56. The first-order valence-electron chi connectivity index (χ1n) is 12.7. The Labute approximate surface area is 234 Å². The Morgan fingerprint density at radius 1 is 1.07 bits per heavy atom. The Kier molecular flexibility index (Phi) is 7.36. The highest BCUT2D eigenvalue weighted by atomic mass is 32.2. The molecule has 0 bridgehead atoms. The Morgan fingerprint density at radius 3 is 2.37 bits per heavy atom. The van der Waals surface area contributed by atoms with E-state index < -0.39 is 33.3 Å². The second-order valence-electron chi connectivity index (χ2n) is 10.0. The number of hydrogen-bond acceptors (Lipinski definition) is 7. The second-order valence-corrected chi connectivity index (χ2v) is 12.0. The zero-order valence-corrected chi connectivity index (χ0v) is 23.6. The van der Waals surface area contributed by atoms with Gasteiger partial charge in [0.05, 0.1) is 17.6 Å². The molecule has 0 spiro atoms. The molecule has 41 heavy (non-hydrogen) atoms. The Bertz CT molecular complexity index is 1710. The van der Waals surface area contributed by atoms with E-state index in [1.54, 1.807) is 30.9 Å². The first-order valence-corrected chi connectivity index (χ1v) is 14.6. The monoisotopic (exact) mass is 592 g/mol. The minimum absolute atomic E-state index is 0.0413. The molecule has 1 aromatic carbocycles. The third-order valence-electron chi connectivity index (χ3n) is 7.01. The summed E-state index contributed by atoms with van der Waals surface area (Å²) < 4.78 is 85.1. The molecule has 0 aliphatic carbocycles. The summed E-state index contributed by atoms with van der Waals surface area (Å²) in [6.07, 6.45) is 1.03. The van der Waals surface area contributed by atoms with Gasteiger partial charge in [0.25, 0.3) is 0 Å². The van der Waals surface area contributed by atoms with E-state index >= 15 is 4.39 Å². The molecule has 0 atom stereocenters. The van der Waals surface area contributed by atoms with Crippen LogP contribution in [-0.4, -0.2) is 67.4 Å². The van der Waals surface area contributed by atoms with Crippen LogP contribution in [0.4, 0.5) is 23.5 Å². The summed E-state index contributed by atoms with van der Waals surface area (Å²) in [6, 6.07) is 4.37. The lowest BCUT2D eigenvalue weighted by Crippen LogP contribution is -2.42. The SMILES string of the molecule is Cc1nn(C)cc1-c1ccc(-n2cc(-c3nc(NC4CCN(S(C)(=O)=O)CC4)ncc3C(F)(F)F)nc2C)c(F)c1. The topological polar surface area (TPSA) is 111 Å². The standard InChI is InChI=1S/C26H28F4N8O2S/c1-15-19(13-36(3)35-15)17-5-6-23(21(27)11-17)38-14-22(32-16(38)2)24-20(26(28,29)30)12-31-25(34-24)33-18-7-9-37(10-8-18)41(4,39)40/h5-6,11-14,18H,7-10H2,1-4H3,(H,31,33,34). The average Bonchev–Trinajstić information content (AvgIpc) is 3.44. The van der Waals surface area contributed by atoms with Gasteiger partial charge in [0.15, 0.2) is 0 Å². The molecule has 4 aromatic rings. The maximum absolute atomic E-state index is 15.3. The zero-order chi connectivity index (χ0) is 29.7. The Hall–Kier alpha value is -3.85. The molecule has 0 saturated carbocycles. The fourth-order valence-corrected chi connectivity index (χ4v) is 5.83. The quantitative estimate of drug-likeness (QED) is 0.332. The van der Waals surface area contributed by atoms with Crippen LogP contribution >= 0.6 is 0 Å². The van der Waals surface area contributed by atoms with Crippen LogP contribution in [0.1, 0.15) is 29.9 Å². The maximum Gasteiger partial charge on any atom is 0.420 e. The smallest absolute Gasteiger partial charge is 0.351 e. The number of alkyl halides is 3. The van der Waals surface area contributed by atoms with Gasteiger partial charge in [0.1, 0.15) is 28.6 Å². The molecule has 0 radical (unpaired) electrons. The van der Waals surface area contributed by atoms with E-state index in [1.165, 1.54) is 27.2 Å². The molecule has 1 aliphatic rings. The molecule has 218 valence electrons. The van der Waals surface area contributed by atoms with Gasteiger partial charge in [-0.15, -0.1) is 0 Å². The van der Waals surface area contributed by atoms with Crippen LogP contribution in [0, 0.1) is 19.7 Å². The van der Waals surface area contributed by atoms with Gasteiger partial charge >= 0.3 is 6.18 Å². The van der Waals surface area contributed by atoms with Crippen molar-refractivity contribution in [1.29, 1.82) is 0 Å². The number of benzene rings is 1. The van der Waals surface area contributed by atoms with Gasteiger partial charge in [-0.25, -0.2) is 32.1 Å². The molecule has 0 amide bonds. The van der Waals surface area contributed by atoms with Crippen molar-refractivity contribution in [3.8, 4) is 28.2 Å². The number of aryl methyl sites for hydroxylation is 3. The summed E-state index contributed by atoms with van der Waals surface area (Å²) in [5, 5.41) is 7.30. The number of nitrogens with one attached hydrogen (secondary N) is 1. The molecule has 5 rings (SSSR count). The molecule has 10 nitrogen and oxygen atoms in total. The fraction of sp³-hybridized carbons (Fsp3) is 0.385. The van der Waals surface area contributed by atoms with Crippen LogP contribution in [0.3, 0.4) is 0 Å². The number of halogens is 4. The van der Waals surface area contributed by atoms with Crippen molar-refractivity contribution >= 4 is 16.0 Å². The van der Waals surface area contributed by atoms with Gasteiger partial charge < -0.3 is 9.88 Å². The maximum atomic E-state index is 15.3. The predicted octanol–water partition coefficient (Wildman–Crippen LogP) is 4.34. The van der Waals surface area contributed by atoms with E-state index in [0.29, 0.717) is 24.6 Å². The van der Waals surface area contributed by atoms with Crippen molar-refractivity contribution in [3.05, 3.63) is 59.7 Å². The normalized spacial score (nSPS) is 15.4. The summed E-state index contributed by atoms with van der Waals surface area (Å²) in [5.41, 5.74) is 0.594. The number of anilines is 1. The van der Waals surface area contributed by atoms with Crippen LogP contribution in [0.15, 0.2) is 36.8 Å². The van der Waals surface area contributed by atoms with Crippen molar-refractivity contribution in [2.75, 3.05) is 24.7 Å². The molecule has 1 fully saturated rings. The van der Waals surface area contributed by atoms with Crippen LogP contribution in [0.5, 0.6) is 0 Å². The summed E-state index contributed by atoms with van der Waals surface area (Å²) in [5.74, 6) is -0.363. The van der Waals surface area contributed by atoms with Crippen LogP contribution in [0.25, 0.3) is 28.2 Å². The third-order valence-corrected chi connectivity index (χ3v) is 8.31. The van der Waals surface area contributed by atoms with E-state index in [1.807, 2.05) is 6.92 Å². The predicted molar refractivity (Wildman–Crippen MR) is 144 cm³/mol. The van der Waals surface area contributed by atoms with Gasteiger partial charge in [0.2, 0.25) is 16.0 Å². The molecule has 15 heteroatoms. The van der Waals surface area contributed by atoms with Crippen LogP contribution < -0.4 is 5.32 Å². The van der Waals surface area contributed by atoms with E-state index in [4.69, 9.17) is 0 Å². The molecule has 0 unspecified atom stereocenters. The van der Waals surface area contributed by atoms with Crippen molar-refractivity contribution in [2.45, 2.75) is 38.9 Å². The molecule has 4 heterocycles. The lowest BCUT2D eigenvalue weighted by atomic mass is 10.1. The van der Waals surface area contributed by atoms with Gasteiger partial charge in [-0.3, -0.25) is 4.68 Å². The highest BCUT2D eigenvalue weighted by molar-refractivity contribution is 7.88. The Balaban J connectivity index is 1.46. The largest absolute Gasteiger partial charge is 0.420 e. The first-order chi connectivity index (χ1) is 19.2. The fourth-order valence-electron chi connectivity index (χ4n) is 4.95. The highest BCUT2D eigenvalue weighted by Gasteiger charge is 2.36. The number of sulfonamides is 1. The van der Waals surface area contributed by atoms with Crippen molar-refractivity contribution in [3.63, 3.8) is 0 Å². The summed E-state index contributed by atoms with van der Waals surface area (Å²) in [6.45, 7) is 3.93. The number of nitrogens with zero attached hydrogens (tertiary/aromatic N) is 7. The molecule has 1 saturated heterocycles. The second kappa shape index (κ2) is 10.5. The molecular weight excluding hydrogens is 564 g/mol. The lowest BCUT2D eigenvalue weighted by Gasteiger charge is -2.30. The molecular formula is C26H28F4N8O2S. The van der Waals surface area contributed by atoms with Crippen molar-refractivity contribution < 1.29 is 26.0 Å². The van der Waals surface area contributed by atoms with E-state index in [-0.39, 0.29) is 42.3 Å². The number of piperidine rings is 1. The average molecular weight is 593 g/mol. The number of hydrogen-bond donors (Lipinski definition) is 1. The number of rotatable bonds is 6. The minimum Gasteiger partial charge on any atom is -0.351 e. The Morgan fingerprint density at radius 2 is 1.78 bits per heavy atom. The molecule has 1 aliphatic heterocycles. The summed E-state index contributed by atoms with van der Waals surface area (Å²) >= 11 is 0. The lowest BCUT2D eigenvalue weighted by molar-refractivity contribution is -0.137. The zero-order valence-electron chi connectivity index (χ0n) is 22.7. The van der Waals surface area contributed by atoms with E-state index in [0.717, 1.165) is 17.5 Å². The van der Waals surface area contributed by atoms with Gasteiger partial charge in [-0.05, 0) is 44.4 Å². The first kappa shape index (κ1) is 28.7. The molecule has 1 N–H and O–H groups in total. The van der Waals surface area contributed by atoms with E-state index in [2.05, 4.69) is 25.4 Å². The third kappa shape index (κ3) is 5.95. The van der Waals surface area contributed by atoms with Gasteiger partial charge in [0, 0.05) is 50.3 Å². The van der Waals surface area contributed by atoms with Crippen molar-refractivity contribution in [2.24, 2.45) is 7.05 Å². The van der Waals surface area contributed by atoms with Gasteiger partial charge in [-0.2, -0.15) is 18.3 Å². The molecule has 3 aromatic heterocycles.